The number of carbonyl (C=O) groups is 1. The van der Waals surface area contributed by atoms with E-state index in [1.54, 1.807) is 6.20 Å². The maximum absolute atomic E-state index is 12.3. The number of pyridine rings is 1. The molecule has 0 atom stereocenters. The number of hydrogen-bond acceptors (Lipinski definition) is 5. The summed E-state index contributed by atoms with van der Waals surface area (Å²) in [5.74, 6) is -0.324. The number of esters is 1. The van der Waals surface area contributed by atoms with E-state index in [1.807, 2.05) is 29.9 Å². The van der Waals surface area contributed by atoms with Crippen molar-refractivity contribution in [2.45, 2.75) is 39.3 Å². The van der Waals surface area contributed by atoms with Crippen LogP contribution in [0.4, 0.5) is 0 Å². The molecule has 138 valence electrons. The third kappa shape index (κ3) is 4.19. The minimum absolute atomic E-state index is 0.324. The molecular formula is C20H26N4O2. The van der Waals surface area contributed by atoms with Crippen LogP contribution < -0.4 is 0 Å². The second-order valence-corrected chi connectivity index (χ2v) is 6.46. The Morgan fingerprint density at radius 1 is 1.46 bits per heavy atom. The summed E-state index contributed by atoms with van der Waals surface area (Å²) in [6.07, 6.45) is 8.37. The summed E-state index contributed by atoms with van der Waals surface area (Å²) in [6.45, 7) is 9.27. The molecule has 1 aliphatic heterocycles. The standard InChI is InChI=1S/C20H26N4O2/c1-3-11-23-13-9-18-17(15-23)19(20(25)26-4-2)22-24(18)12-6-8-16-7-5-10-21-14-16/h3,5,7,10,14H,1,4,6,8-9,11-13,15H2,2H3. The number of carbonyl (C=O) groups excluding carboxylic acids is 1. The van der Waals surface area contributed by atoms with E-state index in [0.717, 1.165) is 51.0 Å². The molecule has 0 bridgehead atoms. The van der Waals surface area contributed by atoms with Crippen LogP contribution in [0, 0.1) is 0 Å². The van der Waals surface area contributed by atoms with Gasteiger partial charge in [0.15, 0.2) is 5.69 Å². The number of aromatic nitrogens is 3. The van der Waals surface area contributed by atoms with Gasteiger partial charge in [0.2, 0.25) is 0 Å². The summed E-state index contributed by atoms with van der Waals surface area (Å²) < 4.78 is 7.22. The first-order valence-electron chi connectivity index (χ1n) is 9.20. The van der Waals surface area contributed by atoms with Gasteiger partial charge in [0.25, 0.3) is 0 Å². The summed E-state index contributed by atoms with van der Waals surface area (Å²) in [5, 5.41) is 4.61. The van der Waals surface area contributed by atoms with Crippen LogP contribution in [0.3, 0.4) is 0 Å². The lowest BCUT2D eigenvalue weighted by Gasteiger charge is -2.26. The molecule has 1 aliphatic rings. The van der Waals surface area contributed by atoms with E-state index in [1.165, 1.54) is 11.3 Å². The van der Waals surface area contributed by atoms with Gasteiger partial charge in [-0.2, -0.15) is 5.10 Å². The van der Waals surface area contributed by atoms with E-state index in [-0.39, 0.29) is 5.97 Å². The highest BCUT2D eigenvalue weighted by Gasteiger charge is 2.28. The normalized spacial score (nSPS) is 14.0. The van der Waals surface area contributed by atoms with Crippen molar-refractivity contribution in [1.29, 1.82) is 0 Å². The zero-order valence-electron chi connectivity index (χ0n) is 15.4. The number of hydrogen-bond donors (Lipinski definition) is 0. The lowest BCUT2D eigenvalue weighted by atomic mass is 10.0. The van der Waals surface area contributed by atoms with Crippen LogP contribution in [-0.4, -0.2) is 45.3 Å². The highest BCUT2D eigenvalue weighted by Crippen LogP contribution is 2.24. The second-order valence-electron chi connectivity index (χ2n) is 6.46. The van der Waals surface area contributed by atoms with Crippen molar-refractivity contribution in [3.63, 3.8) is 0 Å². The van der Waals surface area contributed by atoms with E-state index in [0.29, 0.717) is 12.3 Å². The van der Waals surface area contributed by atoms with Crippen molar-refractivity contribution < 1.29 is 9.53 Å². The van der Waals surface area contributed by atoms with Crippen molar-refractivity contribution in [3.8, 4) is 0 Å². The molecular weight excluding hydrogens is 328 g/mol. The molecule has 0 saturated heterocycles. The second kappa shape index (κ2) is 8.76. The zero-order valence-corrected chi connectivity index (χ0v) is 15.4. The van der Waals surface area contributed by atoms with Gasteiger partial charge < -0.3 is 4.74 Å². The third-order valence-corrected chi connectivity index (χ3v) is 4.63. The summed E-state index contributed by atoms with van der Waals surface area (Å²) >= 11 is 0. The van der Waals surface area contributed by atoms with Gasteiger partial charge in [0.05, 0.1) is 6.61 Å². The molecule has 6 heteroatoms. The van der Waals surface area contributed by atoms with Gasteiger partial charge >= 0.3 is 5.97 Å². The van der Waals surface area contributed by atoms with Gasteiger partial charge in [0, 0.05) is 56.3 Å². The first-order chi connectivity index (χ1) is 12.7. The zero-order chi connectivity index (χ0) is 18.4. The average molecular weight is 354 g/mol. The molecule has 26 heavy (non-hydrogen) atoms. The summed E-state index contributed by atoms with van der Waals surface area (Å²) in [6, 6.07) is 4.04. The van der Waals surface area contributed by atoms with E-state index < -0.39 is 0 Å². The van der Waals surface area contributed by atoms with Gasteiger partial charge in [-0.1, -0.05) is 12.1 Å². The molecule has 0 saturated carbocycles. The molecule has 0 aromatic carbocycles. The molecule has 3 rings (SSSR count). The third-order valence-electron chi connectivity index (χ3n) is 4.63. The smallest absolute Gasteiger partial charge is 0.359 e. The largest absolute Gasteiger partial charge is 0.461 e. The molecule has 0 radical (unpaired) electrons. The predicted molar refractivity (Wildman–Crippen MR) is 99.9 cm³/mol. The van der Waals surface area contributed by atoms with E-state index >= 15 is 0 Å². The molecule has 6 nitrogen and oxygen atoms in total. The fraction of sp³-hybridized carbons (Fsp3) is 0.450. The van der Waals surface area contributed by atoms with E-state index in [4.69, 9.17) is 4.74 Å². The van der Waals surface area contributed by atoms with Crippen LogP contribution in [0.5, 0.6) is 0 Å². The quantitative estimate of drug-likeness (QED) is 0.539. The number of aryl methyl sites for hydroxylation is 2. The summed E-state index contributed by atoms with van der Waals surface area (Å²) in [4.78, 5) is 18.8. The number of nitrogens with zero attached hydrogens (tertiary/aromatic N) is 4. The maximum atomic E-state index is 12.3. The lowest BCUT2D eigenvalue weighted by Crippen LogP contribution is -2.31. The van der Waals surface area contributed by atoms with Crippen LogP contribution >= 0.6 is 0 Å². The first-order valence-corrected chi connectivity index (χ1v) is 9.20. The van der Waals surface area contributed by atoms with Crippen molar-refractivity contribution >= 4 is 5.97 Å². The summed E-state index contributed by atoms with van der Waals surface area (Å²) in [7, 11) is 0. The highest BCUT2D eigenvalue weighted by molar-refractivity contribution is 5.89. The van der Waals surface area contributed by atoms with Crippen LogP contribution in [0.2, 0.25) is 0 Å². The fourth-order valence-electron chi connectivity index (χ4n) is 3.41. The Labute approximate surface area is 154 Å². The van der Waals surface area contributed by atoms with Gasteiger partial charge in [-0.05, 0) is 31.4 Å². The molecule has 0 aliphatic carbocycles. The Kier molecular flexibility index (Phi) is 6.17. The van der Waals surface area contributed by atoms with E-state index in [2.05, 4.69) is 27.6 Å². The molecule has 0 unspecified atom stereocenters. The van der Waals surface area contributed by atoms with Crippen LogP contribution in [0.15, 0.2) is 37.2 Å². The van der Waals surface area contributed by atoms with Crippen molar-refractivity contribution in [2.24, 2.45) is 0 Å². The van der Waals surface area contributed by atoms with Gasteiger partial charge in [0.1, 0.15) is 0 Å². The number of ether oxygens (including phenoxy) is 1. The highest BCUT2D eigenvalue weighted by atomic mass is 16.5. The first kappa shape index (κ1) is 18.3. The minimum Gasteiger partial charge on any atom is -0.461 e. The Morgan fingerprint density at radius 3 is 3.08 bits per heavy atom. The Hall–Kier alpha value is -2.47. The van der Waals surface area contributed by atoms with Gasteiger partial charge in [-0.15, -0.1) is 6.58 Å². The molecule has 0 spiro atoms. The maximum Gasteiger partial charge on any atom is 0.359 e. The lowest BCUT2D eigenvalue weighted by molar-refractivity contribution is 0.0516. The van der Waals surface area contributed by atoms with Gasteiger partial charge in [-0.3, -0.25) is 14.6 Å². The predicted octanol–water partition coefficient (Wildman–Crippen LogP) is 2.63. The molecule has 0 N–H and O–H groups in total. The molecule has 2 aromatic rings. The molecule has 0 fully saturated rings. The summed E-state index contributed by atoms with van der Waals surface area (Å²) in [5.41, 5.74) is 3.87. The minimum atomic E-state index is -0.324. The topological polar surface area (TPSA) is 60.3 Å². The Balaban J connectivity index is 1.76. The Bertz CT molecular complexity index is 755. The number of fused-ring (bicyclic) bond motifs is 1. The van der Waals surface area contributed by atoms with E-state index in [9.17, 15) is 4.79 Å². The SMILES string of the molecule is C=CCN1CCc2c(c(C(=O)OCC)nn2CCCc2cccnc2)C1. The van der Waals surface area contributed by atoms with Crippen LogP contribution in [0.25, 0.3) is 0 Å². The Morgan fingerprint density at radius 2 is 2.35 bits per heavy atom. The number of rotatable bonds is 8. The molecule has 0 amide bonds. The van der Waals surface area contributed by atoms with Crippen molar-refractivity contribution in [1.82, 2.24) is 19.7 Å². The average Bonchev–Trinajstić information content (AvgIpc) is 3.01. The van der Waals surface area contributed by atoms with Crippen molar-refractivity contribution in [3.05, 3.63) is 59.7 Å². The fourth-order valence-corrected chi connectivity index (χ4v) is 3.41. The molecule has 3 heterocycles. The monoisotopic (exact) mass is 354 g/mol. The van der Waals surface area contributed by atoms with Crippen LogP contribution in [0.1, 0.15) is 40.7 Å². The van der Waals surface area contributed by atoms with Crippen LogP contribution in [-0.2, 0) is 30.7 Å². The molecule has 2 aromatic heterocycles. The van der Waals surface area contributed by atoms with Gasteiger partial charge in [-0.25, -0.2) is 4.79 Å². The van der Waals surface area contributed by atoms with Crippen molar-refractivity contribution in [2.75, 3.05) is 19.7 Å².